The lowest BCUT2D eigenvalue weighted by Crippen LogP contribution is -2.39. The minimum Gasteiger partial charge on any atom is -0.395 e. The molecule has 0 unspecified atom stereocenters. The molecule has 4 nitrogen and oxygen atoms in total. The van der Waals surface area contributed by atoms with Crippen molar-refractivity contribution in [1.82, 2.24) is 4.90 Å². The van der Waals surface area contributed by atoms with Gasteiger partial charge in [-0.1, -0.05) is 17.9 Å². The normalized spacial score (nSPS) is 20.1. The molecule has 1 aromatic carbocycles. The summed E-state index contributed by atoms with van der Waals surface area (Å²) in [4.78, 5) is 14.1. The molecule has 0 radical (unpaired) electrons. The molecule has 0 spiro atoms. The SMILES string of the molecule is CN(CC1CC(O)C1)C(=O)c1cccc(C#CCCO)c1. The molecule has 21 heavy (non-hydrogen) atoms. The summed E-state index contributed by atoms with van der Waals surface area (Å²) < 4.78 is 0. The molecule has 4 heteroatoms. The fourth-order valence-electron chi connectivity index (χ4n) is 2.49. The number of nitrogens with zero attached hydrogens (tertiary/aromatic N) is 1. The number of hydrogen-bond acceptors (Lipinski definition) is 3. The van der Waals surface area contributed by atoms with Crippen LogP contribution in [0.1, 0.15) is 35.2 Å². The van der Waals surface area contributed by atoms with Crippen molar-refractivity contribution >= 4 is 5.91 Å². The molecular weight excluding hydrogens is 266 g/mol. The van der Waals surface area contributed by atoms with E-state index in [1.165, 1.54) is 0 Å². The Kier molecular flexibility index (Phi) is 5.38. The van der Waals surface area contributed by atoms with E-state index in [9.17, 15) is 9.90 Å². The van der Waals surface area contributed by atoms with Gasteiger partial charge in [-0.2, -0.15) is 0 Å². The Morgan fingerprint density at radius 1 is 1.43 bits per heavy atom. The van der Waals surface area contributed by atoms with Crippen molar-refractivity contribution in [2.45, 2.75) is 25.4 Å². The fraction of sp³-hybridized carbons (Fsp3) is 0.471. The lowest BCUT2D eigenvalue weighted by molar-refractivity contribution is 0.0265. The lowest BCUT2D eigenvalue weighted by atomic mass is 9.82. The predicted molar refractivity (Wildman–Crippen MR) is 80.7 cm³/mol. The fourth-order valence-corrected chi connectivity index (χ4v) is 2.49. The van der Waals surface area contributed by atoms with Crippen LogP contribution < -0.4 is 0 Å². The summed E-state index contributed by atoms with van der Waals surface area (Å²) in [6.07, 6.45) is 1.81. The van der Waals surface area contributed by atoms with Gasteiger partial charge in [0, 0.05) is 31.1 Å². The molecule has 0 saturated heterocycles. The van der Waals surface area contributed by atoms with E-state index in [4.69, 9.17) is 5.11 Å². The average molecular weight is 287 g/mol. The summed E-state index contributed by atoms with van der Waals surface area (Å²) in [5.41, 5.74) is 1.40. The van der Waals surface area contributed by atoms with Crippen LogP contribution in [0.25, 0.3) is 0 Å². The van der Waals surface area contributed by atoms with Gasteiger partial charge in [-0.15, -0.1) is 0 Å². The van der Waals surface area contributed by atoms with Gasteiger partial charge in [0.15, 0.2) is 0 Å². The Bertz CT molecular complexity index is 553. The first kappa shape index (κ1) is 15.6. The lowest BCUT2D eigenvalue weighted by Gasteiger charge is -2.34. The van der Waals surface area contributed by atoms with Crippen LogP contribution in [-0.4, -0.2) is 47.3 Å². The molecule has 1 fully saturated rings. The van der Waals surface area contributed by atoms with Crippen molar-refractivity contribution in [3.63, 3.8) is 0 Å². The summed E-state index contributed by atoms with van der Waals surface area (Å²) in [5.74, 6) is 6.16. The van der Waals surface area contributed by atoms with Crippen molar-refractivity contribution in [2.75, 3.05) is 20.2 Å². The van der Waals surface area contributed by atoms with Crippen molar-refractivity contribution in [2.24, 2.45) is 5.92 Å². The number of aliphatic hydroxyl groups excluding tert-OH is 2. The highest BCUT2D eigenvalue weighted by molar-refractivity contribution is 5.94. The van der Waals surface area contributed by atoms with Crippen LogP contribution in [0, 0.1) is 17.8 Å². The standard InChI is InChI=1S/C17H21NO3/c1-18(12-14-10-16(20)11-14)17(21)15-7-4-6-13(9-15)5-2-3-8-19/h4,6-7,9,14,16,19-20H,3,8,10-12H2,1H3. The van der Waals surface area contributed by atoms with Gasteiger partial charge < -0.3 is 15.1 Å². The Hall–Kier alpha value is -1.83. The highest BCUT2D eigenvalue weighted by atomic mass is 16.3. The molecule has 0 aromatic heterocycles. The van der Waals surface area contributed by atoms with Gasteiger partial charge in [-0.05, 0) is 37.0 Å². The number of aliphatic hydroxyl groups is 2. The molecule has 112 valence electrons. The average Bonchev–Trinajstić information content (AvgIpc) is 2.45. The van der Waals surface area contributed by atoms with E-state index < -0.39 is 0 Å². The summed E-state index contributed by atoms with van der Waals surface area (Å²) in [5, 5.41) is 18.0. The minimum absolute atomic E-state index is 0.0257. The molecule has 0 aliphatic heterocycles. The maximum absolute atomic E-state index is 12.4. The van der Waals surface area contributed by atoms with E-state index in [2.05, 4.69) is 11.8 Å². The number of hydrogen-bond donors (Lipinski definition) is 2. The summed E-state index contributed by atoms with van der Waals surface area (Å²) in [6, 6.07) is 7.23. The van der Waals surface area contributed by atoms with E-state index in [1.807, 2.05) is 12.1 Å². The quantitative estimate of drug-likeness (QED) is 0.820. The topological polar surface area (TPSA) is 60.8 Å². The smallest absolute Gasteiger partial charge is 0.253 e. The molecule has 0 bridgehead atoms. The van der Waals surface area contributed by atoms with Crippen LogP contribution in [0.4, 0.5) is 0 Å². The molecular formula is C17H21NO3. The van der Waals surface area contributed by atoms with Gasteiger partial charge in [0.05, 0.1) is 12.7 Å². The maximum atomic E-state index is 12.4. The van der Waals surface area contributed by atoms with E-state index >= 15 is 0 Å². The summed E-state index contributed by atoms with van der Waals surface area (Å²) >= 11 is 0. The molecule has 1 amide bonds. The summed E-state index contributed by atoms with van der Waals surface area (Å²) in [7, 11) is 1.79. The first-order valence-electron chi connectivity index (χ1n) is 7.23. The number of benzene rings is 1. The third-order valence-electron chi connectivity index (χ3n) is 3.67. The van der Waals surface area contributed by atoms with Gasteiger partial charge in [0.25, 0.3) is 5.91 Å². The maximum Gasteiger partial charge on any atom is 0.253 e. The van der Waals surface area contributed by atoms with Crippen LogP contribution >= 0.6 is 0 Å². The second-order valence-electron chi connectivity index (χ2n) is 5.53. The molecule has 0 atom stereocenters. The van der Waals surface area contributed by atoms with Crippen LogP contribution in [0.2, 0.25) is 0 Å². The minimum atomic E-state index is -0.191. The van der Waals surface area contributed by atoms with Crippen molar-refractivity contribution in [1.29, 1.82) is 0 Å². The Morgan fingerprint density at radius 2 is 2.19 bits per heavy atom. The highest BCUT2D eigenvalue weighted by Crippen LogP contribution is 2.27. The number of rotatable bonds is 4. The first-order chi connectivity index (χ1) is 10.1. The number of carbonyl (C=O) groups is 1. The van der Waals surface area contributed by atoms with Crippen LogP contribution in [0.5, 0.6) is 0 Å². The Labute approximate surface area is 125 Å². The molecule has 2 N–H and O–H groups in total. The monoisotopic (exact) mass is 287 g/mol. The molecule has 1 aliphatic rings. The number of amides is 1. The van der Waals surface area contributed by atoms with E-state index in [-0.39, 0.29) is 18.6 Å². The predicted octanol–water partition coefficient (Wildman–Crippen LogP) is 1.26. The van der Waals surface area contributed by atoms with E-state index in [0.717, 1.165) is 18.4 Å². The van der Waals surface area contributed by atoms with Crippen molar-refractivity contribution < 1.29 is 15.0 Å². The van der Waals surface area contributed by atoms with Gasteiger partial charge in [-0.25, -0.2) is 0 Å². The molecule has 0 heterocycles. The zero-order valence-electron chi connectivity index (χ0n) is 12.2. The van der Waals surface area contributed by atoms with E-state index in [1.54, 1.807) is 24.1 Å². The number of carbonyl (C=O) groups excluding carboxylic acids is 1. The van der Waals surface area contributed by atoms with Crippen molar-refractivity contribution in [3.05, 3.63) is 35.4 Å². The second kappa shape index (κ2) is 7.26. The van der Waals surface area contributed by atoms with E-state index in [0.29, 0.717) is 24.4 Å². The Balaban J connectivity index is 1.98. The van der Waals surface area contributed by atoms with Crippen LogP contribution in [0.15, 0.2) is 24.3 Å². The third-order valence-corrected chi connectivity index (χ3v) is 3.67. The highest BCUT2D eigenvalue weighted by Gasteiger charge is 2.29. The summed E-state index contributed by atoms with van der Waals surface area (Å²) in [6.45, 7) is 0.720. The third kappa shape index (κ3) is 4.32. The molecule has 2 rings (SSSR count). The van der Waals surface area contributed by atoms with Crippen LogP contribution in [0.3, 0.4) is 0 Å². The zero-order chi connectivity index (χ0) is 15.2. The second-order valence-corrected chi connectivity index (χ2v) is 5.53. The molecule has 1 saturated carbocycles. The largest absolute Gasteiger partial charge is 0.395 e. The zero-order valence-corrected chi connectivity index (χ0v) is 12.2. The Morgan fingerprint density at radius 3 is 2.86 bits per heavy atom. The van der Waals surface area contributed by atoms with Gasteiger partial charge in [0.2, 0.25) is 0 Å². The molecule has 1 aliphatic carbocycles. The van der Waals surface area contributed by atoms with Gasteiger partial charge >= 0.3 is 0 Å². The van der Waals surface area contributed by atoms with Crippen LogP contribution in [-0.2, 0) is 0 Å². The van der Waals surface area contributed by atoms with Gasteiger partial charge in [-0.3, -0.25) is 4.79 Å². The van der Waals surface area contributed by atoms with Gasteiger partial charge in [0.1, 0.15) is 0 Å². The molecule has 1 aromatic rings. The van der Waals surface area contributed by atoms with Crippen molar-refractivity contribution in [3.8, 4) is 11.8 Å². The first-order valence-corrected chi connectivity index (χ1v) is 7.23.